The van der Waals surface area contributed by atoms with Gasteiger partial charge in [0.1, 0.15) is 21.5 Å². The van der Waals surface area contributed by atoms with Crippen molar-refractivity contribution in [3.05, 3.63) is 59.4 Å². The minimum atomic E-state index is -3.82. The van der Waals surface area contributed by atoms with E-state index in [9.17, 15) is 13.2 Å². The van der Waals surface area contributed by atoms with Crippen LogP contribution in [0.1, 0.15) is 12.2 Å². The van der Waals surface area contributed by atoms with Gasteiger partial charge in [-0.1, -0.05) is 17.7 Å². The van der Waals surface area contributed by atoms with E-state index in [2.05, 4.69) is 9.71 Å². The van der Waals surface area contributed by atoms with Gasteiger partial charge in [0.15, 0.2) is 5.58 Å². The molecule has 1 atom stereocenters. The summed E-state index contributed by atoms with van der Waals surface area (Å²) in [5, 5.41) is 1.34. The fraction of sp³-hybridized carbons (Fsp3) is 0.200. The van der Waals surface area contributed by atoms with Crippen LogP contribution in [-0.4, -0.2) is 36.8 Å². The number of nitrogens with one attached hydrogen (secondary N) is 1. The number of carbonyl (C=O) groups excluding carboxylic acids is 1. The molecule has 1 aliphatic heterocycles. The van der Waals surface area contributed by atoms with Crippen molar-refractivity contribution in [2.24, 2.45) is 0 Å². The first-order valence-electron chi connectivity index (χ1n) is 9.23. The Kier molecular flexibility index (Phi) is 4.78. The van der Waals surface area contributed by atoms with Crippen LogP contribution in [0.3, 0.4) is 0 Å². The summed E-state index contributed by atoms with van der Waals surface area (Å²) in [6.07, 6.45) is 2.07. The normalized spacial score (nSPS) is 17.4. The zero-order valence-corrected chi connectivity index (χ0v) is 17.9. The summed E-state index contributed by atoms with van der Waals surface area (Å²) in [6.45, 7) is 0.716. The lowest BCUT2D eigenvalue weighted by Gasteiger charge is -2.15. The summed E-state index contributed by atoms with van der Waals surface area (Å²) < 4.78 is 34.9. The monoisotopic (exact) mass is 461 g/mol. The van der Waals surface area contributed by atoms with E-state index in [4.69, 9.17) is 16.0 Å². The number of benzene rings is 1. The number of furan rings is 1. The van der Waals surface area contributed by atoms with Crippen LogP contribution in [0.15, 0.2) is 57.3 Å². The number of halogens is 1. The van der Waals surface area contributed by atoms with Crippen molar-refractivity contribution < 1.29 is 17.6 Å². The molecule has 0 radical (unpaired) electrons. The van der Waals surface area contributed by atoms with Crippen molar-refractivity contribution in [2.45, 2.75) is 23.2 Å². The highest BCUT2D eigenvalue weighted by atomic mass is 35.5. The molecule has 1 amide bonds. The van der Waals surface area contributed by atoms with Gasteiger partial charge in [0.2, 0.25) is 5.91 Å². The van der Waals surface area contributed by atoms with Gasteiger partial charge in [0.25, 0.3) is 10.0 Å². The zero-order valence-electron chi connectivity index (χ0n) is 15.5. The molecule has 0 bridgehead atoms. The summed E-state index contributed by atoms with van der Waals surface area (Å²) in [5.74, 6) is 0.345. The van der Waals surface area contributed by atoms with Crippen LogP contribution in [0.2, 0.25) is 5.02 Å². The van der Waals surface area contributed by atoms with Crippen molar-refractivity contribution in [1.29, 1.82) is 0 Å². The highest BCUT2D eigenvalue weighted by Gasteiger charge is 2.35. The molecule has 4 heterocycles. The fourth-order valence-corrected chi connectivity index (χ4v) is 6.46. The largest absolute Gasteiger partial charge is 0.457 e. The second-order valence-electron chi connectivity index (χ2n) is 7.07. The minimum Gasteiger partial charge on any atom is -0.457 e. The molecule has 5 rings (SSSR count). The highest BCUT2D eigenvalue weighted by Crippen LogP contribution is 2.31. The van der Waals surface area contributed by atoms with Crippen LogP contribution in [0.25, 0.3) is 21.2 Å². The summed E-state index contributed by atoms with van der Waals surface area (Å²) in [7, 11) is -3.82. The van der Waals surface area contributed by atoms with Gasteiger partial charge in [-0.25, -0.2) is 8.42 Å². The lowest BCUT2D eigenvalue weighted by atomic mass is 10.3. The van der Waals surface area contributed by atoms with Gasteiger partial charge in [0, 0.05) is 28.5 Å². The van der Waals surface area contributed by atoms with E-state index in [1.165, 1.54) is 0 Å². The first kappa shape index (κ1) is 19.5. The maximum absolute atomic E-state index is 12.8. The number of hydrogen-bond acceptors (Lipinski definition) is 6. The Morgan fingerprint density at radius 3 is 2.97 bits per heavy atom. The number of aromatic nitrogens is 1. The van der Waals surface area contributed by atoms with Gasteiger partial charge in [-0.05, 0) is 42.1 Å². The third-order valence-electron chi connectivity index (χ3n) is 5.00. The summed E-state index contributed by atoms with van der Waals surface area (Å²) >= 11 is 7.11. The van der Waals surface area contributed by atoms with E-state index in [-0.39, 0.29) is 16.7 Å². The van der Waals surface area contributed by atoms with E-state index in [1.54, 1.807) is 47.5 Å². The molecule has 154 valence electrons. The summed E-state index contributed by atoms with van der Waals surface area (Å²) in [4.78, 5) is 18.6. The molecule has 0 aliphatic carbocycles. The number of hydrogen-bond donors (Lipinski definition) is 1. The average Bonchev–Trinajstić information content (AvgIpc) is 3.40. The number of amides is 1. The topological polar surface area (TPSA) is 92.5 Å². The second-order valence-corrected chi connectivity index (χ2v) is 10.5. The summed E-state index contributed by atoms with van der Waals surface area (Å²) in [6, 6.07) is 11.4. The predicted molar refractivity (Wildman–Crippen MR) is 115 cm³/mol. The van der Waals surface area contributed by atoms with E-state index in [0.29, 0.717) is 29.3 Å². The number of likely N-dealkylation sites (tertiary alicyclic amines) is 1. The van der Waals surface area contributed by atoms with Gasteiger partial charge in [0.05, 0.1) is 6.54 Å². The van der Waals surface area contributed by atoms with Gasteiger partial charge < -0.3 is 9.32 Å². The summed E-state index contributed by atoms with van der Waals surface area (Å²) in [5.41, 5.74) is 1.38. The molecular weight excluding hydrogens is 446 g/mol. The maximum Gasteiger partial charge on any atom is 0.250 e. The molecule has 1 aliphatic rings. The molecule has 0 saturated carbocycles. The number of fused-ring (bicyclic) bond motifs is 2. The molecule has 10 heteroatoms. The average molecular weight is 462 g/mol. The molecule has 0 spiro atoms. The maximum atomic E-state index is 12.8. The van der Waals surface area contributed by atoms with E-state index in [0.717, 1.165) is 26.9 Å². The lowest BCUT2D eigenvalue weighted by Crippen LogP contribution is -2.41. The van der Waals surface area contributed by atoms with Gasteiger partial charge in [-0.2, -0.15) is 4.72 Å². The predicted octanol–water partition coefficient (Wildman–Crippen LogP) is 3.78. The number of rotatable bonds is 5. The van der Waals surface area contributed by atoms with Crippen LogP contribution < -0.4 is 4.72 Å². The number of sulfonamides is 1. The fourth-order valence-electron chi connectivity index (χ4n) is 3.55. The van der Waals surface area contributed by atoms with Crippen molar-refractivity contribution in [3.8, 4) is 0 Å². The van der Waals surface area contributed by atoms with Crippen LogP contribution in [-0.2, 0) is 21.4 Å². The van der Waals surface area contributed by atoms with E-state index >= 15 is 0 Å². The van der Waals surface area contributed by atoms with Crippen molar-refractivity contribution >= 4 is 60.1 Å². The molecule has 4 aromatic rings. The zero-order chi connectivity index (χ0) is 20.9. The van der Waals surface area contributed by atoms with Crippen molar-refractivity contribution in [2.75, 3.05) is 6.54 Å². The Hall–Kier alpha value is -2.46. The van der Waals surface area contributed by atoms with Gasteiger partial charge in [-0.15, -0.1) is 11.3 Å². The Morgan fingerprint density at radius 2 is 2.13 bits per heavy atom. The lowest BCUT2D eigenvalue weighted by molar-refractivity contribution is -0.129. The molecular formula is C20H16ClN3O4S2. The van der Waals surface area contributed by atoms with E-state index < -0.39 is 16.1 Å². The smallest absolute Gasteiger partial charge is 0.250 e. The number of nitrogens with zero attached hydrogens (tertiary/aromatic N) is 2. The van der Waals surface area contributed by atoms with Gasteiger partial charge in [-0.3, -0.25) is 9.78 Å². The third kappa shape index (κ3) is 3.58. The molecule has 1 N–H and O–H groups in total. The quantitative estimate of drug-likeness (QED) is 0.488. The molecule has 3 aromatic heterocycles. The molecule has 30 heavy (non-hydrogen) atoms. The van der Waals surface area contributed by atoms with Crippen LogP contribution >= 0.6 is 22.9 Å². The molecule has 1 aromatic carbocycles. The first-order chi connectivity index (χ1) is 14.4. The third-order valence-corrected chi connectivity index (χ3v) is 8.28. The first-order valence-corrected chi connectivity index (χ1v) is 11.9. The van der Waals surface area contributed by atoms with Crippen molar-refractivity contribution in [3.63, 3.8) is 0 Å². The molecule has 7 nitrogen and oxygen atoms in total. The minimum absolute atomic E-state index is 0.161. The number of pyridine rings is 1. The van der Waals surface area contributed by atoms with Crippen LogP contribution in [0.4, 0.5) is 0 Å². The van der Waals surface area contributed by atoms with Crippen LogP contribution in [0.5, 0.6) is 0 Å². The van der Waals surface area contributed by atoms with Crippen molar-refractivity contribution in [1.82, 2.24) is 14.6 Å². The standard InChI is InChI=1S/C20H16ClN3O4S2/c21-13-4-3-12-8-19(29-18(12)9-13)30(26,27)23-15-5-7-24(20(15)25)11-14-10-16-17(28-14)2-1-6-22-16/h1-4,6,8-10,15,23H,5,7,11H2/t15-/m0/s1. The molecule has 1 fully saturated rings. The molecule has 1 saturated heterocycles. The number of carbonyl (C=O) groups is 1. The highest BCUT2D eigenvalue weighted by molar-refractivity contribution is 7.91. The Bertz CT molecular complexity index is 1350. The second kappa shape index (κ2) is 7.35. The molecule has 0 unspecified atom stereocenters. The Labute approximate surface area is 181 Å². The Balaban J connectivity index is 1.31. The number of thiophene rings is 1. The Morgan fingerprint density at radius 1 is 1.27 bits per heavy atom. The van der Waals surface area contributed by atoms with E-state index in [1.807, 2.05) is 6.07 Å². The van der Waals surface area contributed by atoms with Gasteiger partial charge >= 0.3 is 0 Å². The van der Waals surface area contributed by atoms with Crippen LogP contribution in [0, 0.1) is 0 Å². The SMILES string of the molecule is O=C1[C@@H](NS(=O)(=O)c2cc3ccc(Cl)cc3s2)CCN1Cc1cc2ncccc2o1.